The third-order valence-electron chi connectivity index (χ3n) is 5.31. The summed E-state index contributed by atoms with van der Waals surface area (Å²) in [4.78, 5) is 5.06. The first-order valence-electron chi connectivity index (χ1n) is 10.0. The van der Waals surface area contributed by atoms with Crippen LogP contribution >= 0.6 is 0 Å². The van der Waals surface area contributed by atoms with Gasteiger partial charge in [-0.05, 0) is 23.3 Å². The third-order valence-corrected chi connectivity index (χ3v) is 5.31. The van der Waals surface area contributed by atoms with Crippen LogP contribution in [0.2, 0.25) is 0 Å². The molecule has 4 rings (SSSR count). The topological polar surface area (TPSA) is 6.48 Å². The van der Waals surface area contributed by atoms with Crippen molar-refractivity contribution in [3.05, 3.63) is 108 Å². The fourth-order valence-corrected chi connectivity index (χ4v) is 3.84. The van der Waals surface area contributed by atoms with Crippen LogP contribution in [0, 0.1) is 11.8 Å². The maximum Gasteiger partial charge on any atom is 0.0606 e. The molecule has 1 aliphatic rings. The van der Waals surface area contributed by atoms with E-state index in [0.717, 1.165) is 38.3 Å². The van der Waals surface area contributed by atoms with Crippen molar-refractivity contribution in [2.75, 3.05) is 32.7 Å². The van der Waals surface area contributed by atoms with Crippen LogP contribution in [0.25, 0.3) is 0 Å². The first kappa shape index (κ1) is 18.5. The molecule has 0 atom stereocenters. The Hall–Kier alpha value is -2.86. The van der Waals surface area contributed by atoms with Crippen LogP contribution in [0.3, 0.4) is 0 Å². The first-order valence-corrected chi connectivity index (χ1v) is 10.0. The van der Waals surface area contributed by atoms with Crippen LogP contribution < -0.4 is 0 Å². The summed E-state index contributed by atoms with van der Waals surface area (Å²) in [5.74, 6) is 6.61. The van der Waals surface area contributed by atoms with Crippen LogP contribution in [0.4, 0.5) is 0 Å². The van der Waals surface area contributed by atoms with Crippen molar-refractivity contribution in [3.63, 3.8) is 0 Å². The average molecular weight is 367 g/mol. The molecule has 1 heterocycles. The number of hydrogen-bond acceptors (Lipinski definition) is 2. The second kappa shape index (κ2) is 9.37. The van der Waals surface area contributed by atoms with E-state index in [-0.39, 0.29) is 0 Å². The second-order valence-corrected chi connectivity index (χ2v) is 7.20. The lowest BCUT2D eigenvalue weighted by molar-refractivity contribution is 0.119. The zero-order valence-corrected chi connectivity index (χ0v) is 16.2. The smallest absolute Gasteiger partial charge is 0.0606 e. The van der Waals surface area contributed by atoms with Crippen molar-refractivity contribution in [1.29, 1.82) is 0 Å². The van der Waals surface area contributed by atoms with Crippen LogP contribution in [-0.2, 0) is 0 Å². The lowest BCUT2D eigenvalue weighted by Gasteiger charge is -2.39. The maximum atomic E-state index is 3.34. The van der Waals surface area contributed by atoms with Crippen LogP contribution in [-0.4, -0.2) is 42.5 Å². The maximum absolute atomic E-state index is 3.34. The summed E-state index contributed by atoms with van der Waals surface area (Å²) in [6.07, 6.45) is 0. The van der Waals surface area contributed by atoms with Gasteiger partial charge in [0.15, 0.2) is 0 Å². The minimum absolute atomic E-state index is 0.319. The zero-order chi connectivity index (χ0) is 19.0. The lowest BCUT2D eigenvalue weighted by Crippen LogP contribution is -2.47. The lowest BCUT2D eigenvalue weighted by atomic mass is 9.96. The van der Waals surface area contributed by atoms with Crippen molar-refractivity contribution in [3.8, 4) is 11.8 Å². The van der Waals surface area contributed by atoms with E-state index in [9.17, 15) is 0 Å². The zero-order valence-electron chi connectivity index (χ0n) is 16.2. The van der Waals surface area contributed by atoms with Crippen molar-refractivity contribution >= 4 is 0 Å². The standard InChI is InChI=1S/C26H26N2/c1-4-11-23(12-5-1)13-10-18-27-19-21-28(22-20-27)26(24-14-6-2-7-15-24)25-16-8-3-9-17-25/h1-9,11-12,14-17,26H,18-22H2. The van der Waals surface area contributed by atoms with Gasteiger partial charge in [-0.2, -0.15) is 0 Å². The van der Waals surface area contributed by atoms with Gasteiger partial charge in [-0.3, -0.25) is 9.80 Å². The summed E-state index contributed by atoms with van der Waals surface area (Å²) in [6, 6.07) is 32.3. The fraction of sp³-hybridized carbons (Fsp3) is 0.231. The summed E-state index contributed by atoms with van der Waals surface area (Å²) >= 11 is 0. The van der Waals surface area contributed by atoms with Crippen LogP contribution in [0.1, 0.15) is 22.7 Å². The highest BCUT2D eigenvalue weighted by molar-refractivity contribution is 5.34. The van der Waals surface area contributed by atoms with E-state index < -0.39 is 0 Å². The number of nitrogens with zero attached hydrogens (tertiary/aromatic N) is 2. The number of benzene rings is 3. The van der Waals surface area contributed by atoms with Gasteiger partial charge in [0, 0.05) is 31.7 Å². The molecule has 0 unspecified atom stereocenters. The van der Waals surface area contributed by atoms with Crippen LogP contribution in [0.15, 0.2) is 91.0 Å². The molecule has 28 heavy (non-hydrogen) atoms. The van der Waals surface area contributed by atoms with E-state index in [1.165, 1.54) is 11.1 Å². The highest BCUT2D eigenvalue weighted by Gasteiger charge is 2.25. The second-order valence-electron chi connectivity index (χ2n) is 7.20. The molecule has 140 valence electrons. The van der Waals surface area contributed by atoms with Gasteiger partial charge in [0.1, 0.15) is 0 Å². The van der Waals surface area contributed by atoms with E-state index in [1.54, 1.807) is 0 Å². The Kier molecular flexibility index (Phi) is 6.19. The molecule has 2 heteroatoms. The fourth-order valence-electron chi connectivity index (χ4n) is 3.84. The average Bonchev–Trinajstić information content (AvgIpc) is 2.77. The first-order chi connectivity index (χ1) is 13.9. The van der Waals surface area contributed by atoms with Gasteiger partial charge in [-0.15, -0.1) is 0 Å². The molecule has 1 saturated heterocycles. The molecule has 0 aromatic heterocycles. The van der Waals surface area contributed by atoms with Crippen molar-refractivity contribution < 1.29 is 0 Å². The summed E-state index contributed by atoms with van der Waals surface area (Å²) in [6.45, 7) is 5.06. The highest BCUT2D eigenvalue weighted by atomic mass is 15.3. The molecule has 0 saturated carbocycles. The highest BCUT2D eigenvalue weighted by Crippen LogP contribution is 2.29. The van der Waals surface area contributed by atoms with E-state index >= 15 is 0 Å². The molecular weight excluding hydrogens is 340 g/mol. The molecule has 1 aliphatic heterocycles. The predicted octanol–water partition coefficient (Wildman–Crippen LogP) is 4.45. The van der Waals surface area contributed by atoms with E-state index in [1.807, 2.05) is 18.2 Å². The van der Waals surface area contributed by atoms with Gasteiger partial charge in [-0.1, -0.05) is 90.7 Å². The Bertz CT molecular complexity index is 863. The van der Waals surface area contributed by atoms with Gasteiger partial charge < -0.3 is 0 Å². The molecule has 0 radical (unpaired) electrons. The van der Waals surface area contributed by atoms with E-state index in [0.29, 0.717) is 6.04 Å². The molecule has 0 spiro atoms. The quantitative estimate of drug-likeness (QED) is 0.630. The van der Waals surface area contributed by atoms with E-state index in [4.69, 9.17) is 0 Å². The Morgan fingerprint density at radius 1 is 0.643 bits per heavy atom. The largest absolute Gasteiger partial charge is 0.290 e. The van der Waals surface area contributed by atoms with Crippen LogP contribution in [0.5, 0.6) is 0 Å². The predicted molar refractivity (Wildman–Crippen MR) is 116 cm³/mol. The molecule has 0 N–H and O–H groups in total. The number of hydrogen-bond donors (Lipinski definition) is 0. The van der Waals surface area contributed by atoms with Crippen molar-refractivity contribution in [2.45, 2.75) is 6.04 Å². The minimum atomic E-state index is 0.319. The Morgan fingerprint density at radius 2 is 1.14 bits per heavy atom. The number of rotatable bonds is 4. The normalized spacial score (nSPS) is 15.2. The Morgan fingerprint density at radius 3 is 1.68 bits per heavy atom. The van der Waals surface area contributed by atoms with E-state index in [2.05, 4.69) is 94.4 Å². The van der Waals surface area contributed by atoms with Gasteiger partial charge in [0.2, 0.25) is 0 Å². The summed E-state index contributed by atoms with van der Waals surface area (Å²) in [5, 5.41) is 0. The summed E-state index contributed by atoms with van der Waals surface area (Å²) in [7, 11) is 0. The molecule has 0 bridgehead atoms. The molecule has 1 fully saturated rings. The van der Waals surface area contributed by atoms with Gasteiger partial charge >= 0.3 is 0 Å². The SMILES string of the molecule is C(#Cc1ccccc1)CN1CCN(C(c2ccccc2)c2ccccc2)CC1. The summed E-state index contributed by atoms with van der Waals surface area (Å²) < 4.78 is 0. The number of piperazine rings is 1. The van der Waals surface area contributed by atoms with Gasteiger partial charge in [-0.25, -0.2) is 0 Å². The van der Waals surface area contributed by atoms with Gasteiger partial charge in [0.05, 0.1) is 12.6 Å². The van der Waals surface area contributed by atoms with Crippen molar-refractivity contribution in [1.82, 2.24) is 9.80 Å². The molecule has 0 aliphatic carbocycles. The monoisotopic (exact) mass is 366 g/mol. The Labute approximate surface area is 168 Å². The molecule has 3 aromatic carbocycles. The minimum Gasteiger partial charge on any atom is -0.290 e. The third kappa shape index (κ3) is 4.70. The molecular formula is C26H26N2. The molecule has 0 amide bonds. The molecule has 3 aromatic rings. The van der Waals surface area contributed by atoms with Gasteiger partial charge in [0.25, 0.3) is 0 Å². The Balaban J connectivity index is 1.41. The van der Waals surface area contributed by atoms with Crippen molar-refractivity contribution in [2.24, 2.45) is 0 Å². The summed E-state index contributed by atoms with van der Waals surface area (Å²) in [5.41, 5.74) is 3.83. The molecule has 2 nitrogen and oxygen atoms in total.